The van der Waals surface area contributed by atoms with Crippen molar-refractivity contribution in [3.63, 3.8) is 0 Å². The van der Waals surface area contributed by atoms with Gasteiger partial charge in [0.05, 0.1) is 22.8 Å². The van der Waals surface area contributed by atoms with Gasteiger partial charge in [-0.3, -0.25) is 10.1 Å². The van der Waals surface area contributed by atoms with E-state index in [1.807, 2.05) is 0 Å². The normalized spacial score (nSPS) is 14.7. The predicted octanol–water partition coefficient (Wildman–Crippen LogP) is 2.90. The molecule has 1 aromatic carbocycles. The summed E-state index contributed by atoms with van der Waals surface area (Å²) in [6.45, 7) is 1.94. The Balaban J connectivity index is 2.40. The second kappa shape index (κ2) is 6.58. The Morgan fingerprint density at radius 2 is 2.29 bits per heavy atom. The molecule has 7 heteroatoms. The zero-order valence-corrected chi connectivity index (χ0v) is 12.2. The maximum atomic E-state index is 11.6. The van der Waals surface area contributed by atoms with Crippen LogP contribution in [0.15, 0.2) is 24.3 Å². The van der Waals surface area contributed by atoms with Crippen molar-refractivity contribution in [3.8, 4) is 0 Å². The molecule has 0 bridgehead atoms. The summed E-state index contributed by atoms with van der Waals surface area (Å²) in [5, 5.41) is 14.6. The second-order valence-electron chi connectivity index (χ2n) is 4.65. The first-order valence-electron chi connectivity index (χ1n) is 6.60. The van der Waals surface area contributed by atoms with Crippen molar-refractivity contribution in [3.05, 3.63) is 45.0 Å². The minimum Gasteiger partial charge on any atom is -0.463 e. The maximum absolute atomic E-state index is 11.6. The fourth-order valence-corrected chi connectivity index (χ4v) is 2.00. The van der Waals surface area contributed by atoms with Crippen molar-refractivity contribution in [1.29, 1.82) is 0 Å². The molecule has 0 unspecified atom stereocenters. The number of nitro benzene ring substituents is 1. The van der Waals surface area contributed by atoms with E-state index >= 15 is 0 Å². The average Bonchev–Trinajstić information content (AvgIpc) is 3.22. The summed E-state index contributed by atoms with van der Waals surface area (Å²) in [6.07, 6.45) is 3.20. The third-order valence-electron chi connectivity index (χ3n) is 2.93. The van der Waals surface area contributed by atoms with Gasteiger partial charge in [0, 0.05) is 23.2 Å². The molecule has 6 nitrogen and oxygen atoms in total. The Labute approximate surface area is 126 Å². The summed E-state index contributed by atoms with van der Waals surface area (Å²) >= 11 is 5.80. The lowest BCUT2D eigenvalue weighted by Crippen LogP contribution is -2.17. The first-order chi connectivity index (χ1) is 10.0. The molecule has 0 spiro atoms. The highest BCUT2D eigenvalue weighted by Crippen LogP contribution is 2.30. The molecule has 1 N–H and O–H groups in total. The molecule has 1 saturated carbocycles. The number of ether oxygens (including phenoxy) is 1. The second-order valence-corrected chi connectivity index (χ2v) is 5.08. The number of halogens is 1. The van der Waals surface area contributed by atoms with Gasteiger partial charge in [0.1, 0.15) is 0 Å². The molecule has 0 heterocycles. The summed E-state index contributed by atoms with van der Waals surface area (Å²) in [7, 11) is 0. The molecule has 112 valence electrons. The van der Waals surface area contributed by atoms with Crippen molar-refractivity contribution in [1.82, 2.24) is 5.32 Å². The molecule has 0 aromatic heterocycles. The minimum absolute atomic E-state index is 0.147. The van der Waals surface area contributed by atoms with E-state index in [9.17, 15) is 14.9 Å². The molecule has 0 atom stereocenters. The molecule has 1 aliphatic carbocycles. The van der Waals surface area contributed by atoms with Gasteiger partial charge in [0.25, 0.3) is 5.69 Å². The van der Waals surface area contributed by atoms with Gasteiger partial charge in [-0.15, -0.1) is 0 Å². The van der Waals surface area contributed by atoms with Crippen LogP contribution in [0.3, 0.4) is 0 Å². The van der Waals surface area contributed by atoms with Gasteiger partial charge in [-0.1, -0.05) is 11.6 Å². The van der Waals surface area contributed by atoms with Gasteiger partial charge < -0.3 is 10.1 Å². The highest BCUT2D eigenvalue weighted by Gasteiger charge is 2.26. The number of nitrogens with one attached hydrogen (secondary N) is 1. The van der Waals surface area contributed by atoms with Crippen LogP contribution in [0.2, 0.25) is 5.02 Å². The summed E-state index contributed by atoms with van der Waals surface area (Å²) < 4.78 is 4.87. The van der Waals surface area contributed by atoms with Gasteiger partial charge in [-0.25, -0.2) is 4.79 Å². The lowest BCUT2D eigenvalue weighted by atomic mass is 10.1. The van der Waals surface area contributed by atoms with Gasteiger partial charge in [-0.2, -0.15) is 0 Å². The zero-order valence-electron chi connectivity index (χ0n) is 11.5. The van der Waals surface area contributed by atoms with E-state index in [0.29, 0.717) is 11.3 Å². The molecule has 2 rings (SSSR count). The molecule has 0 aliphatic heterocycles. The number of carbonyl (C=O) groups excluding carboxylic acids is 1. The Morgan fingerprint density at radius 1 is 1.57 bits per heavy atom. The number of nitro groups is 1. The van der Waals surface area contributed by atoms with Crippen molar-refractivity contribution in [2.75, 3.05) is 6.61 Å². The maximum Gasteiger partial charge on any atom is 0.332 e. The molecule has 0 radical (unpaired) electrons. The molecular formula is C14H15ClN2O4. The van der Waals surface area contributed by atoms with Crippen LogP contribution in [0.4, 0.5) is 5.69 Å². The quantitative estimate of drug-likeness (QED) is 0.378. The van der Waals surface area contributed by atoms with E-state index in [1.54, 1.807) is 13.0 Å². The third kappa shape index (κ3) is 4.19. The van der Waals surface area contributed by atoms with Gasteiger partial charge in [0.2, 0.25) is 0 Å². The van der Waals surface area contributed by atoms with Crippen LogP contribution in [-0.4, -0.2) is 23.5 Å². The monoisotopic (exact) mass is 310 g/mol. The van der Waals surface area contributed by atoms with Gasteiger partial charge >= 0.3 is 5.97 Å². The first-order valence-corrected chi connectivity index (χ1v) is 6.98. The van der Waals surface area contributed by atoms with Crippen LogP contribution in [0.25, 0.3) is 5.70 Å². The lowest BCUT2D eigenvalue weighted by Gasteiger charge is -2.11. The highest BCUT2D eigenvalue weighted by molar-refractivity contribution is 6.30. The van der Waals surface area contributed by atoms with E-state index in [2.05, 4.69) is 5.32 Å². The molecule has 0 amide bonds. The lowest BCUT2D eigenvalue weighted by molar-refractivity contribution is -0.385. The summed E-state index contributed by atoms with van der Waals surface area (Å²) in [5.74, 6) is -0.537. The summed E-state index contributed by atoms with van der Waals surface area (Å²) in [6, 6.07) is 4.59. The van der Waals surface area contributed by atoms with Crippen LogP contribution in [0.1, 0.15) is 25.3 Å². The van der Waals surface area contributed by atoms with Crippen LogP contribution in [0, 0.1) is 10.1 Å². The highest BCUT2D eigenvalue weighted by atomic mass is 35.5. The smallest absolute Gasteiger partial charge is 0.332 e. The van der Waals surface area contributed by atoms with Gasteiger partial charge in [0.15, 0.2) is 0 Å². The van der Waals surface area contributed by atoms with Crippen molar-refractivity contribution in [2.45, 2.75) is 25.8 Å². The fraction of sp³-hybridized carbons (Fsp3) is 0.357. The van der Waals surface area contributed by atoms with Crippen LogP contribution in [-0.2, 0) is 9.53 Å². The largest absolute Gasteiger partial charge is 0.463 e. The van der Waals surface area contributed by atoms with Crippen molar-refractivity contribution >= 4 is 29.0 Å². The summed E-state index contributed by atoms with van der Waals surface area (Å²) in [5.41, 5.74) is 0.565. The van der Waals surface area contributed by atoms with Gasteiger partial charge in [-0.05, 0) is 31.9 Å². The predicted molar refractivity (Wildman–Crippen MR) is 78.9 cm³/mol. The van der Waals surface area contributed by atoms with E-state index in [0.717, 1.165) is 12.8 Å². The first kappa shape index (κ1) is 15.3. The topological polar surface area (TPSA) is 81.5 Å². The zero-order chi connectivity index (χ0) is 15.4. The van der Waals surface area contributed by atoms with E-state index in [4.69, 9.17) is 16.3 Å². The molecular weight excluding hydrogens is 296 g/mol. The third-order valence-corrected chi connectivity index (χ3v) is 3.17. The number of benzene rings is 1. The standard InChI is InChI=1S/C14H15ClN2O4/c1-2-21-14(18)8-12(16-10-4-5-10)11-6-3-9(15)7-13(11)17(19)20/h3,6-8,10,16H,2,4-5H2,1H3/b12-8-. The Morgan fingerprint density at radius 3 is 2.86 bits per heavy atom. The van der Waals surface area contributed by atoms with Crippen molar-refractivity contribution in [2.24, 2.45) is 0 Å². The van der Waals surface area contributed by atoms with Crippen molar-refractivity contribution < 1.29 is 14.5 Å². The molecule has 0 saturated heterocycles. The Bertz CT molecular complexity index is 597. The van der Waals surface area contributed by atoms with Crippen LogP contribution < -0.4 is 5.32 Å². The van der Waals surface area contributed by atoms with E-state index in [1.165, 1.54) is 18.2 Å². The number of esters is 1. The fourth-order valence-electron chi connectivity index (χ4n) is 1.83. The van der Waals surface area contributed by atoms with E-state index in [-0.39, 0.29) is 23.4 Å². The van der Waals surface area contributed by atoms with Crippen LogP contribution >= 0.6 is 11.6 Å². The molecule has 21 heavy (non-hydrogen) atoms. The average molecular weight is 311 g/mol. The summed E-state index contributed by atoms with van der Waals surface area (Å²) in [4.78, 5) is 22.3. The number of hydrogen-bond donors (Lipinski definition) is 1. The SMILES string of the molecule is CCOC(=O)/C=C(\NC1CC1)c1ccc(Cl)cc1[N+](=O)[O-]. The van der Waals surface area contributed by atoms with Crippen LogP contribution in [0.5, 0.6) is 0 Å². The Kier molecular flexibility index (Phi) is 4.80. The number of hydrogen-bond acceptors (Lipinski definition) is 5. The molecule has 1 fully saturated rings. The molecule has 1 aliphatic rings. The number of carbonyl (C=O) groups is 1. The number of nitrogens with zero attached hydrogens (tertiary/aromatic N) is 1. The molecule has 1 aromatic rings. The Hall–Kier alpha value is -2.08. The number of rotatable bonds is 6. The van der Waals surface area contributed by atoms with E-state index < -0.39 is 10.9 Å². The minimum atomic E-state index is -0.537.